The van der Waals surface area contributed by atoms with E-state index < -0.39 is 11.9 Å². The highest BCUT2D eigenvalue weighted by Gasteiger charge is 2.35. The largest absolute Gasteiger partial charge is 0.404 e. The van der Waals surface area contributed by atoms with Crippen LogP contribution in [-0.2, 0) is 19.0 Å². The molecule has 1 unspecified atom stereocenters. The average Bonchev–Trinajstić information content (AvgIpc) is 2.51. The van der Waals surface area contributed by atoms with Crippen molar-refractivity contribution in [2.45, 2.75) is 65.3 Å². The lowest BCUT2D eigenvalue weighted by Crippen LogP contribution is -2.41. The fraction of sp³-hybridized carbons (Fsp3) is 0.750. The summed E-state index contributed by atoms with van der Waals surface area (Å²) >= 11 is 0. The number of unbranched alkanes of at least 4 members (excludes halogenated alkanes) is 3. The molecule has 21 heavy (non-hydrogen) atoms. The summed E-state index contributed by atoms with van der Waals surface area (Å²) in [4.78, 5) is 11.7. The van der Waals surface area contributed by atoms with E-state index in [2.05, 4.69) is 13.5 Å². The van der Waals surface area contributed by atoms with Gasteiger partial charge in [0.15, 0.2) is 0 Å². The summed E-state index contributed by atoms with van der Waals surface area (Å²) in [5, 5.41) is 8.69. The molecule has 0 heterocycles. The fourth-order valence-electron chi connectivity index (χ4n) is 1.64. The molecule has 0 aromatic rings. The van der Waals surface area contributed by atoms with Crippen LogP contribution in [0.4, 0.5) is 0 Å². The maximum Gasteiger partial charge on any atom is 0.352 e. The lowest BCUT2D eigenvalue weighted by Gasteiger charge is -2.31. The van der Waals surface area contributed by atoms with Crippen molar-refractivity contribution in [1.82, 2.24) is 0 Å². The summed E-state index contributed by atoms with van der Waals surface area (Å²) in [6.45, 7) is 10.1. The molecule has 5 nitrogen and oxygen atoms in total. The van der Waals surface area contributed by atoms with Crippen LogP contribution in [0.15, 0.2) is 12.2 Å². The summed E-state index contributed by atoms with van der Waals surface area (Å²) in [5.41, 5.74) is -0.262. The third-order valence-corrected chi connectivity index (χ3v) is 2.91. The molecule has 1 atom stereocenters. The van der Waals surface area contributed by atoms with Gasteiger partial charge in [-0.2, -0.15) is 5.26 Å². The second kappa shape index (κ2) is 11.3. The molecule has 0 spiro atoms. The molecule has 0 amide bonds. The zero-order chi connectivity index (χ0) is 16.1. The van der Waals surface area contributed by atoms with Crippen molar-refractivity contribution in [1.29, 1.82) is 5.26 Å². The molecule has 5 heteroatoms. The van der Waals surface area contributed by atoms with Crippen LogP contribution >= 0.6 is 0 Å². The number of nitriles is 1. The molecule has 0 rings (SSSR count). The Morgan fingerprint density at radius 1 is 1.10 bits per heavy atom. The van der Waals surface area contributed by atoms with Gasteiger partial charge in [0.2, 0.25) is 0 Å². The zero-order valence-electron chi connectivity index (χ0n) is 13.4. The van der Waals surface area contributed by atoms with Crippen LogP contribution in [0.1, 0.15) is 59.3 Å². The Kier molecular flexibility index (Phi) is 10.6. The Morgan fingerprint density at radius 2 is 1.76 bits per heavy atom. The lowest BCUT2D eigenvalue weighted by atomic mass is 10.2. The van der Waals surface area contributed by atoms with Gasteiger partial charge in [0, 0.05) is 6.42 Å². The molecule has 0 aliphatic carbocycles. The lowest BCUT2D eigenvalue weighted by molar-refractivity contribution is -0.362. The van der Waals surface area contributed by atoms with Crippen molar-refractivity contribution in [3.05, 3.63) is 12.2 Å². The van der Waals surface area contributed by atoms with Gasteiger partial charge in [0.1, 0.15) is 11.6 Å². The number of rotatable bonds is 12. The van der Waals surface area contributed by atoms with Gasteiger partial charge in [-0.05, 0) is 12.8 Å². The van der Waals surface area contributed by atoms with Gasteiger partial charge in [-0.25, -0.2) is 4.79 Å². The molecule has 0 aromatic carbocycles. The van der Waals surface area contributed by atoms with Crippen molar-refractivity contribution in [2.75, 3.05) is 13.2 Å². The number of hydrogen-bond donors (Lipinski definition) is 0. The Balaban J connectivity index is 4.62. The number of ether oxygens (including phenoxy) is 3. The average molecular weight is 297 g/mol. The zero-order valence-corrected chi connectivity index (χ0v) is 13.4. The SMILES string of the molecule is C=C(C#N)C(=O)OC(CC)(OCCC)OCCCCCC. The summed E-state index contributed by atoms with van der Waals surface area (Å²) in [6, 6.07) is 1.67. The van der Waals surface area contributed by atoms with Crippen LogP contribution in [0.25, 0.3) is 0 Å². The Hall–Kier alpha value is -1.38. The highest BCUT2D eigenvalue weighted by atomic mass is 16.9. The van der Waals surface area contributed by atoms with Gasteiger partial charge in [-0.15, -0.1) is 0 Å². The highest BCUT2D eigenvalue weighted by molar-refractivity contribution is 5.92. The van der Waals surface area contributed by atoms with E-state index in [0.29, 0.717) is 19.6 Å². The molecule has 0 fully saturated rings. The molecular weight excluding hydrogens is 270 g/mol. The smallest absolute Gasteiger partial charge is 0.352 e. The van der Waals surface area contributed by atoms with Crippen molar-refractivity contribution in [3.8, 4) is 6.07 Å². The maximum atomic E-state index is 11.7. The van der Waals surface area contributed by atoms with Gasteiger partial charge in [-0.1, -0.05) is 46.6 Å². The standard InChI is InChI=1S/C16H27NO4/c1-5-8-9-10-12-20-16(7-3,19-11-6-2)21-15(18)14(4)13-17/h4-12H2,1-3H3. The Bertz CT molecular complexity index is 362. The predicted octanol–water partition coefficient (Wildman–Crippen LogP) is 3.70. The topological polar surface area (TPSA) is 68.6 Å². The number of nitrogens with zero attached hydrogens (tertiary/aromatic N) is 1. The maximum absolute atomic E-state index is 11.7. The van der Waals surface area contributed by atoms with Gasteiger partial charge >= 0.3 is 11.9 Å². The number of carbonyl (C=O) groups excluding carboxylic acids is 1. The van der Waals surface area contributed by atoms with Crippen LogP contribution in [-0.4, -0.2) is 25.2 Å². The van der Waals surface area contributed by atoms with E-state index in [4.69, 9.17) is 19.5 Å². The Labute approximate surface area is 127 Å². The van der Waals surface area contributed by atoms with Crippen LogP contribution in [0, 0.1) is 11.3 Å². The van der Waals surface area contributed by atoms with Crippen LogP contribution in [0.5, 0.6) is 0 Å². The monoisotopic (exact) mass is 297 g/mol. The van der Waals surface area contributed by atoms with Crippen molar-refractivity contribution in [3.63, 3.8) is 0 Å². The number of carbonyl (C=O) groups is 1. The van der Waals surface area contributed by atoms with Crippen LogP contribution < -0.4 is 0 Å². The molecule has 120 valence electrons. The van der Waals surface area contributed by atoms with E-state index >= 15 is 0 Å². The highest BCUT2D eigenvalue weighted by Crippen LogP contribution is 2.22. The molecule has 0 aliphatic heterocycles. The molecule has 0 saturated heterocycles. The van der Waals surface area contributed by atoms with Crippen molar-refractivity contribution in [2.24, 2.45) is 0 Å². The van der Waals surface area contributed by atoms with Crippen molar-refractivity contribution < 1.29 is 19.0 Å². The predicted molar refractivity (Wildman–Crippen MR) is 80.2 cm³/mol. The molecule has 0 N–H and O–H groups in total. The van der Waals surface area contributed by atoms with E-state index in [1.807, 2.05) is 13.8 Å². The second-order valence-corrected chi connectivity index (χ2v) is 4.77. The first kappa shape index (κ1) is 19.6. The molecule has 0 radical (unpaired) electrons. The normalized spacial score (nSPS) is 13.2. The molecule has 0 aliphatic rings. The van der Waals surface area contributed by atoms with Gasteiger partial charge in [0.05, 0.1) is 13.2 Å². The summed E-state index contributed by atoms with van der Waals surface area (Å²) < 4.78 is 16.5. The van der Waals surface area contributed by atoms with Crippen molar-refractivity contribution >= 4 is 5.97 Å². The minimum atomic E-state index is -1.42. The van der Waals surface area contributed by atoms with Gasteiger partial charge < -0.3 is 14.2 Å². The minimum absolute atomic E-state index is 0.262. The van der Waals surface area contributed by atoms with E-state index in [1.54, 1.807) is 6.07 Å². The first-order valence-corrected chi connectivity index (χ1v) is 7.65. The quantitative estimate of drug-likeness (QED) is 0.181. The summed E-state index contributed by atoms with van der Waals surface area (Å²) in [5.74, 6) is -2.22. The third kappa shape index (κ3) is 7.84. The van der Waals surface area contributed by atoms with E-state index in [0.717, 1.165) is 32.1 Å². The van der Waals surface area contributed by atoms with E-state index in [1.165, 1.54) is 0 Å². The number of esters is 1. The third-order valence-electron chi connectivity index (χ3n) is 2.91. The van der Waals surface area contributed by atoms with Gasteiger partial charge in [0.25, 0.3) is 0 Å². The first-order chi connectivity index (χ1) is 10.0. The molecule has 0 aromatic heterocycles. The Morgan fingerprint density at radius 3 is 2.29 bits per heavy atom. The van der Waals surface area contributed by atoms with E-state index in [-0.39, 0.29) is 5.57 Å². The van der Waals surface area contributed by atoms with Gasteiger partial charge in [-0.3, -0.25) is 0 Å². The summed E-state index contributed by atoms with van der Waals surface area (Å²) in [7, 11) is 0. The fourth-order valence-corrected chi connectivity index (χ4v) is 1.64. The number of hydrogen-bond acceptors (Lipinski definition) is 5. The molecule has 0 bridgehead atoms. The minimum Gasteiger partial charge on any atom is -0.404 e. The summed E-state index contributed by atoms with van der Waals surface area (Å²) in [6.07, 6.45) is 5.35. The second-order valence-electron chi connectivity index (χ2n) is 4.77. The van der Waals surface area contributed by atoms with E-state index in [9.17, 15) is 4.79 Å². The molecule has 0 saturated carbocycles. The first-order valence-electron chi connectivity index (χ1n) is 7.65. The van der Waals surface area contributed by atoms with Crippen LogP contribution in [0.2, 0.25) is 0 Å². The molecular formula is C16H27NO4. The van der Waals surface area contributed by atoms with Crippen LogP contribution in [0.3, 0.4) is 0 Å².